The van der Waals surface area contributed by atoms with Gasteiger partial charge in [0.2, 0.25) is 0 Å². The predicted octanol–water partition coefficient (Wildman–Crippen LogP) is 2.19. The number of carbonyl (C=O) groups is 1. The molecular weight excluding hydrogens is 357 g/mol. The van der Waals surface area contributed by atoms with Gasteiger partial charge in [-0.05, 0) is 41.1 Å². The second kappa shape index (κ2) is 6.93. The molecule has 0 amide bonds. The van der Waals surface area contributed by atoms with Crippen LogP contribution in [0.5, 0.6) is 0 Å². The monoisotopic (exact) mass is 370 g/mol. The van der Waals surface area contributed by atoms with Crippen LogP contribution in [0.15, 0.2) is 6.07 Å². The molecule has 1 aromatic heterocycles. The van der Waals surface area contributed by atoms with Crippen molar-refractivity contribution in [3.05, 3.63) is 26.6 Å². The first-order valence-corrected chi connectivity index (χ1v) is 6.39. The number of aromatic nitrogens is 1. The molecule has 0 saturated heterocycles. The molecule has 0 spiro atoms. The van der Waals surface area contributed by atoms with E-state index in [1.54, 1.807) is 6.92 Å². The quantitative estimate of drug-likeness (QED) is 0.490. The van der Waals surface area contributed by atoms with Crippen molar-refractivity contribution in [3.8, 4) is 0 Å². The van der Waals surface area contributed by atoms with Crippen molar-refractivity contribution in [2.24, 2.45) is 5.73 Å². The van der Waals surface area contributed by atoms with Crippen molar-refractivity contribution in [2.75, 3.05) is 6.61 Å². The maximum absolute atomic E-state index is 12.8. The van der Waals surface area contributed by atoms with Gasteiger partial charge in [-0.2, -0.15) is 0 Å². The summed E-state index contributed by atoms with van der Waals surface area (Å²) in [6.45, 7) is 1.88. The number of hydrogen-bond donors (Lipinski definition) is 1. The lowest BCUT2D eigenvalue weighted by molar-refractivity contribution is -0.142. The predicted molar refractivity (Wildman–Crippen MR) is 70.1 cm³/mol. The molecule has 0 aliphatic carbocycles. The average Bonchev–Trinajstić information content (AvgIpc) is 2.31. The fraction of sp³-hybridized carbons (Fsp3) is 0.455. The number of esters is 1. The van der Waals surface area contributed by atoms with Gasteiger partial charge in [0, 0.05) is 12.1 Å². The van der Waals surface area contributed by atoms with Crippen LogP contribution in [0.3, 0.4) is 0 Å². The van der Waals surface area contributed by atoms with Crippen molar-refractivity contribution in [1.82, 2.24) is 4.98 Å². The first-order chi connectivity index (χ1) is 8.49. The summed E-state index contributed by atoms with van der Waals surface area (Å²) in [5.41, 5.74) is 5.73. The highest BCUT2D eigenvalue weighted by Crippen LogP contribution is 2.25. The molecule has 1 aromatic rings. The van der Waals surface area contributed by atoms with Gasteiger partial charge in [-0.1, -0.05) is 0 Å². The zero-order valence-electron chi connectivity index (χ0n) is 9.75. The smallest absolute Gasteiger partial charge is 0.310 e. The van der Waals surface area contributed by atoms with E-state index in [4.69, 9.17) is 10.5 Å². The number of nitrogens with two attached hydrogens (primary N) is 1. The molecule has 0 atom stereocenters. The van der Waals surface area contributed by atoms with Gasteiger partial charge in [-0.15, -0.1) is 0 Å². The Morgan fingerprint density at radius 1 is 1.61 bits per heavy atom. The van der Waals surface area contributed by atoms with Crippen LogP contribution in [-0.2, 0) is 22.5 Å². The Kier molecular flexibility index (Phi) is 5.86. The zero-order chi connectivity index (χ0) is 13.7. The van der Waals surface area contributed by atoms with Crippen LogP contribution < -0.4 is 5.73 Å². The molecule has 0 saturated carbocycles. The highest BCUT2D eigenvalue weighted by Gasteiger charge is 2.18. The molecule has 4 nitrogen and oxygen atoms in total. The summed E-state index contributed by atoms with van der Waals surface area (Å²) in [7, 11) is 0. The van der Waals surface area contributed by atoms with Crippen LogP contribution >= 0.6 is 22.6 Å². The largest absolute Gasteiger partial charge is 0.466 e. The second-order valence-corrected chi connectivity index (χ2v) is 4.48. The van der Waals surface area contributed by atoms with E-state index in [-0.39, 0.29) is 30.8 Å². The van der Waals surface area contributed by atoms with E-state index in [2.05, 4.69) is 4.98 Å². The van der Waals surface area contributed by atoms with Crippen LogP contribution in [0.2, 0.25) is 0 Å². The number of carbonyl (C=O) groups excluding carboxylic acids is 1. The summed E-state index contributed by atoms with van der Waals surface area (Å²) in [5, 5.41) is 0. The highest BCUT2D eigenvalue weighted by atomic mass is 127. The van der Waals surface area contributed by atoms with Crippen molar-refractivity contribution >= 4 is 28.6 Å². The summed E-state index contributed by atoms with van der Waals surface area (Å²) in [4.78, 5) is 15.3. The Labute approximate surface area is 117 Å². The summed E-state index contributed by atoms with van der Waals surface area (Å²) >= 11 is 1.89. The van der Waals surface area contributed by atoms with E-state index in [0.717, 1.165) is 0 Å². The number of alkyl halides is 2. The van der Waals surface area contributed by atoms with Gasteiger partial charge >= 0.3 is 5.97 Å². The van der Waals surface area contributed by atoms with E-state index < -0.39 is 12.4 Å². The summed E-state index contributed by atoms with van der Waals surface area (Å²) in [6.07, 6.45) is -2.72. The molecule has 7 heteroatoms. The van der Waals surface area contributed by atoms with Gasteiger partial charge in [0.25, 0.3) is 6.43 Å². The number of pyridine rings is 1. The van der Waals surface area contributed by atoms with Crippen molar-refractivity contribution < 1.29 is 18.3 Å². The molecule has 2 N–H and O–H groups in total. The third-order valence-corrected chi connectivity index (χ3v) is 3.16. The minimum absolute atomic E-state index is 0.0602. The summed E-state index contributed by atoms with van der Waals surface area (Å²) in [5.74, 6) is -0.460. The van der Waals surface area contributed by atoms with Gasteiger partial charge < -0.3 is 10.5 Å². The van der Waals surface area contributed by atoms with Crippen molar-refractivity contribution in [1.29, 1.82) is 0 Å². The van der Waals surface area contributed by atoms with E-state index in [0.29, 0.717) is 9.26 Å². The molecule has 0 aliphatic rings. The van der Waals surface area contributed by atoms with Crippen molar-refractivity contribution in [3.63, 3.8) is 0 Å². The van der Waals surface area contributed by atoms with Gasteiger partial charge in [0.15, 0.2) is 0 Å². The van der Waals surface area contributed by atoms with Crippen LogP contribution in [0.1, 0.15) is 30.2 Å². The molecule has 1 rings (SSSR count). The van der Waals surface area contributed by atoms with E-state index in [1.807, 2.05) is 22.6 Å². The zero-order valence-corrected chi connectivity index (χ0v) is 11.9. The molecule has 100 valence electrons. The maximum atomic E-state index is 12.8. The lowest BCUT2D eigenvalue weighted by atomic mass is 10.1. The van der Waals surface area contributed by atoms with Gasteiger partial charge in [0.1, 0.15) is 3.70 Å². The summed E-state index contributed by atoms with van der Waals surface area (Å²) in [6, 6.07) is 1.28. The Hall–Kier alpha value is -0.830. The molecule has 0 fully saturated rings. The topological polar surface area (TPSA) is 65.2 Å². The standard InChI is InChI=1S/C11H13F2IN2O2/c1-2-18-9(17)4-6-3-7(10(12)13)8(5-15)16-11(6)14/h3,10H,2,4-5,15H2,1H3. The Morgan fingerprint density at radius 2 is 2.28 bits per heavy atom. The van der Waals surface area contributed by atoms with Crippen LogP contribution in [0, 0.1) is 3.70 Å². The van der Waals surface area contributed by atoms with Gasteiger partial charge in [-0.25, -0.2) is 13.8 Å². The van der Waals surface area contributed by atoms with Gasteiger partial charge in [0.05, 0.1) is 18.7 Å². The van der Waals surface area contributed by atoms with Crippen LogP contribution in [0.4, 0.5) is 8.78 Å². The number of halogens is 3. The molecule has 0 aromatic carbocycles. The number of hydrogen-bond acceptors (Lipinski definition) is 4. The molecular formula is C11H13F2IN2O2. The Balaban J connectivity index is 3.05. The van der Waals surface area contributed by atoms with Crippen LogP contribution in [-0.4, -0.2) is 17.6 Å². The van der Waals surface area contributed by atoms with Gasteiger partial charge in [-0.3, -0.25) is 4.79 Å². The second-order valence-electron chi connectivity index (χ2n) is 3.46. The third kappa shape index (κ3) is 3.84. The minimum atomic E-state index is -2.66. The highest BCUT2D eigenvalue weighted by molar-refractivity contribution is 14.1. The molecule has 0 aliphatic heterocycles. The first kappa shape index (κ1) is 15.2. The molecule has 1 heterocycles. The molecule has 0 radical (unpaired) electrons. The van der Waals surface area contributed by atoms with E-state index in [9.17, 15) is 13.6 Å². The molecule has 18 heavy (non-hydrogen) atoms. The SMILES string of the molecule is CCOC(=O)Cc1cc(C(F)F)c(CN)nc1I. The lowest BCUT2D eigenvalue weighted by Gasteiger charge is -2.11. The van der Waals surface area contributed by atoms with E-state index in [1.165, 1.54) is 6.07 Å². The normalized spacial score (nSPS) is 10.8. The molecule has 0 unspecified atom stereocenters. The number of nitrogens with zero attached hydrogens (tertiary/aromatic N) is 1. The van der Waals surface area contributed by atoms with E-state index >= 15 is 0 Å². The fourth-order valence-corrected chi connectivity index (χ4v) is 2.07. The third-order valence-electron chi connectivity index (χ3n) is 2.23. The maximum Gasteiger partial charge on any atom is 0.310 e. The molecule has 0 bridgehead atoms. The van der Waals surface area contributed by atoms with Crippen LogP contribution in [0.25, 0.3) is 0 Å². The Bertz CT molecular complexity index is 441. The summed E-state index contributed by atoms with van der Waals surface area (Å²) < 4.78 is 30.9. The average molecular weight is 370 g/mol. The number of rotatable bonds is 5. The first-order valence-electron chi connectivity index (χ1n) is 5.31. The Morgan fingerprint density at radius 3 is 2.78 bits per heavy atom. The van der Waals surface area contributed by atoms with Crippen molar-refractivity contribution in [2.45, 2.75) is 26.3 Å². The minimum Gasteiger partial charge on any atom is -0.466 e. The lowest BCUT2D eigenvalue weighted by Crippen LogP contribution is -2.13. The fourth-order valence-electron chi connectivity index (χ4n) is 1.43. The number of ether oxygens (including phenoxy) is 1.